The largest absolute Gasteiger partial charge is 0.496 e. The predicted molar refractivity (Wildman–Crippen MR) is 140 cm³/mol. The number of pyridine rings is 1. The van der Waals surface area contributed by atoms with Gasteiger partial charge < -0.3 is 25.0 Å². The standard InChI is InChI=1S/C28H38N4O4/c1-18(2)36-14-6-13-29-27(33)20-9-12-26(30-17-20)32-22-10-11-23(32)16-21(15-22)31-28(34)24-7-5-8-25(35-4)19(24)3/h5,7-9,12,17-18,21-23H,6,10-11,13-16H2,1-4H3,(H,29,33)(H,31,34). The number of rotatable bonds is 10. The quantitative estimate of drug-likeness (QED) is 0.487. The van der Waals surface area contributed by atoms with Gasteiger partial charge in [0.15, 0.2) is 0 Å². The van der Waals surface area contributed by atoms with Crippen LogP contribution in [0.5, 0.6) is 5.75 Å². The molecule has 2 N–H and O–H groups in total. The first kappa shape index (κ1) is 25.9. The van der Waals surface area contributed by atoms with Crippen molar-refractivity contribution in [1.82, 2.24) is 15.6 Å². The molecule has 4 rings (SSSR count). The summed E-state index contributed by atoms with van der Waals surface area (Å²) in [5, 5.41) is 6.18. The Hall–Kier alpha value is -3.13. The van der Waals surface area contributed by atoms with E-state index in [0.717, 1.165) is 49.2 Å². The molecular weight excluding hydrogens is 456 g/mol. The molecule has 1 aromatic heterocycles. The van der Waals surface area contributed by atoms with Gasteiger partial charge in [-0.25, -0.2) is 4.98 Å². The Morgan fingerprint density at radius 1 is 1.11 bits per heavy atom. The van der Waals surface area contributed by atoms with Crippen molar-refractivity contribution in [2.75, 3.05) is 25.2 Å². The molecule has 0 aliphatic carbocycles. The van der Waals surface area contributed by atoms with Crippen LogP contribution in [0.2, 0.25) is 0 Å². The Morgan fingerprint density at radius 3 is 2.50 bits per heavy atom. The lowest BCUT2D eigenvalue weighted by molar-refractivity contribution is 0.0757. The molecule has 2 unspecified atom stereocenters. The number of anilines is 1. The van der Waals surface area contributed by atoms with E-state index in [4.69, 9.17) is 9.47 Å². The SMILES string of the molecule is COc1cccc(C(=O)NC2CC3CCC(C2)N3c2ccc(C(=O)NCCCOC(C)C)cn2)c1C. The molecule has 194 valence electrons. The van der Waals surface area contributed by atoms with Crippen LogP contribution in [-0.4, -0.2) is 61.3 Å². The van der Waals surface area contributed by atoms with Crippen molar-refractivity contribution < 1.29 is 19.1 Å². The molecule has 2 bridgehead atoms. The highest BCUT2D eigenvalue weighted by Gasteiger charge is 2.41. The van der Waals surface area contributed by atoms with Crippen LogP contribution in [0.25, 0.3) is 0 Å². The first-order chi connectivity index (χ1) is 17.4. The number of piperidine rings is 1. The summed E-state index contributed by atoms with van der Waals surface area (Å²) in [5.41, 5.74) is 2.08. The highest BCUT2D eigenvalue weighted by molar-refractivity contribution is 5.96. The van der Waals surface area contributed by atoms with Crippen LogP contribution in [0.15, 0.2) is 36.5 Å². The van der Waals surface area contributed by atoms with Gasteiger partial charge in [0.1, 0.15) is 11.6 Å². The molecular formula is C28H38N4O4. The van der Waals surface area contributed by atoms with Gasteiger partial charge in [0.2, 0.25) is 0 Å². The van der Waals surface area contributed by atoms with Crippen molar-refractivity contribution in [3.8, 4) is 5.75 Å². The Morgan fingerprint density at radius 2 is 1.86 bits per heavy atom. The van der Waals surface area contributed by atoms with Gasteiger partial charge in [0.05, 0.1) is 18.8 Å². The number of nitrogens with one attached hydrogen (secondary N) is 2. The van der Waals surface area contributed by atoms with Crippen LogP contribution in [-0.2, 0) is 4.74 Å². The minimum atomic E-state index is -0.115. The summed E-state index contributed by atoms with van der Waals surface area (Å²) in [6.07, 6.45) is 6.57. The number of carbonyl (C=O) groups excluding carboxylic acids is 2. The van der Waals surface area contributed by atoms with E-state index in [1.807, 2.05) is 51.1 Å². The average Bonchev–Trinajstić information content (AvgIpc) is 3.13. The fourth-order valence-corrected chi connectivity index (χ4v) is 5.38. The van der Waals surface area contributed by atoms with Gasteiger partial charge in [-0.1, -0.05) is 6.07 Å². The molecule has 2 saturated heterocycles. The van der Waals surface area contributed by atoms with E-state index in [1.54, 1.807) is 13.3 Å². The summed E-state index contributed by atoms with van der Waals surface area (Å²) in [6.45, 7) is 7.12. The molecule has 8 nitrogen and oxygen atoms in total. The molecule has 8 heteroatoms. The first-order valence-electron chi connectivity index (χ1n) is 13.0. The maximum Gasteiger partial charge on any atom is 0.252 e. The van der Waals surface area contributed by atoms with Crippen molar-refractivity contribution in [3.05, 3.63) is 53.2 Å². The molecule has 2 aromatic rings. The van der Waals surface area contributed by atoms with Crippen LogP contribution in [0.3, 0.4) is 0 Å². The lowest BCUT2D eigenvalue weighted by Gasteiger charge is -2.40. The Kier molecular flexibility index (Phi) is 8.46. The number of methoxy groups -OCH3 is 1. The summed E-state index contributed by atoms with van der Waals surface area (Å²) >= 11 is 0. The molecule has 2 aliphatic heterocycles. The zero-order chi connectivity index (χ0) is 25.7. The highest BCUT2D eigenvalue weighted by atomic mass is 16.5. The lowest BCUT2D eigenvalue weighted by Crippen LogP contribution is -2.50. The van der Waals surface area contributed by atoms with Crippen LogP contribution < -0.4 is 20.3 Å². The molecule has 0 spiro atoms. The van der Waals surface area contributed by atoms with E-state index < -0.39 is 0 Å². The molecule has 2 aliphatic rings. The van der Waals surface area contributed by atoms with Crippen molar-refractivity contribution in [1.29, 1.82) is 0 Å². The number of ether oxygens (including phenoxy) is 2. The van der Waals surface area contributed by atoms with Gasteiger partial charge in [-0.3, -0.25) is 9.59 Å². The first-order valence-corrected chi connectivity index (χ1v) is 13.0. The van der Waals surface area contributed by atoms with Gasteiger partial charge in [-0.05, 0) is 77.1 Å². The fraction of sp³-hybridized carbons (Fsp3) is 0.536. The molecule has 0 radical (unpaired) electrons. The van der Waals surface area contributed by atoms with Crippen LogP contribution in [0, 0.1) is 6.92 Å². The van der Waals surface area contributed by atoms with E-state index in [0.29, 0.717) is 36.4 Å². The monoisotopic (exact) mass is 494 g/mol. The number of hydrogen-bond donors (Lipinski definition) is 2. The third kappa shape index (κ3) is 5.98. The Bertz CT molecular complexity index is 1040. The molecule has 3 heterocycles. The minimum Gasteiger partial charge on any atom is -0.496 e. The number of fused-ring (bicyclic) bond motifs is 2. The van der Waals surface area contributed by atoms with Crippen molar-refractivity contribution in [2.45, 2.75) is 77.1 Å². The third-order valence-corrected chi connectivity index (χ3v) is 7.15. The Labute approximate surface area is 213 Å². The second kappa shape index (κ2) is 11.7. The van der Waals surface area contributed by atoms with Crippen molar-refractivity contribution >= 4 is 17.6 Å². The number of hydrogen-bond acceptors (Lipinski definition) is 6. The van der Waals surface area contributed by atoms with E-state index >= 15 is 0 Å². The molecule has 2 fully saturated rings. The number of carbonyl (C=O) groups is 2. The van der Waals surface area contributed by atoms with E-state index in [9.17, 15) is 9.59 Å². The maximum atomic E-state index is 13.0. The van der Waals surface area contributed by atoms with Gasteiger partial charge in [-0.2, -0.15) is 0 Å². The summed E-state index contributed by atoms with van der Waals surface area (Å²) < 4.78 is 10.9. The molecule has 1 aromatic carbocycles. The maximum absolute atomic E-state index is 13.0. The minimum absolute atomic E-state index is 0.0477. The summed E-state index contributed by atoms with van der Waals surface area (Å²) in [4.78, 5) is 32.5. The molecule has 2 amide bonds. The number of benzene rings is 1. The normalized spacial score (nSPS) is 20.9. The highest BCUT2D eigenvalue weighted by Crippen LogP contribution is 2.38. The Balaban J connectivity index is 1.32. The number of nitrogens with zero attached hydrogens (tertiary/aromatic N) is 2. The van der Waals surface area contributed by atoms with Crippen molar-refractivity contribution in [2.24, 2.45) is 0 Å². The van der Waals surface area contributed by atoms with Crippen LogP contribution in [0.4, 0.5) is 5.82 Å². The zero-order valence-corrected chi connectivity index (χ0v) is 21.8. The summed E-state index contributed by atoms with van der Waals surface area (Å²) in [7, 11) is 1.62. The average molecular weight is 495 g/mol. The number of aromatic nitrogens is 1. The van der Waals surface area contributed by atoms with Gasteiger partial charge in [-0.15, -0.1) is 0 Å². The third-order valence-electron chi connectivity index (χ3n) is 7.15. The van der Waals surface area contributed by atoms with E-state index in [2.05, 4.69) is 20.5 Å². The van der Waals surface area contributed by atoms with Crippen LogP contribution in [0.1, 0.15) is 72.2 Å². The van der Waals surface area contributed by atoms with E-state index in [-0.39, 0.29) is 24.0 Å². The van der Waals surface area contributed by atoms with Gasteiger partial charge in [0.25, 0.3) is 11.8 Å². The van der Waals surface area contributed by atoms with Gasteiger partial charge >= 0.3 is 0 Å². The lowest BCUT2D eigenvalue weighted by atomic mass is 9.96. The zero-order valence-electron chi connectivity index (χ0n) is 21.8. The second-order valence-corrected chi connectivity index (χ2v) is 10.0. The van der Waals surface area contributed by atoms with Crippen LogP contribution >= 0.6 is 0 Å². The van der Waals surface area contributed by atoms with E-state index in [1.165, 1.54) is 0 Å². The van der Waals surface area contributed by atoms with Crippen molar-refractivity contribution in [3.63, 3.8) is 0 Å². The molecule has 0 saturated carbocycles. The smallest absolute Gasteiger partial charge is 0.252 e. The summed E-state index contributed by atoms with van der Waals surface area (Å²) in [6, 6.07) is 10.1. The molecule has 2 atom stereocenters. The summed E-state index contributed by atoms with van der Waals surface area (Å²) in [5.74, 6) is 1.46. The second-order valence-electron chi connectivity index (χ2n) is 10.0. The molecule has 36 heavy (non-hydrogen) atoms. The topological polar surface area (TPSA) is 92.8 Å². The number of amides is 2. The fourth-order valence-electron chi connectivity index (χ4n) is 5.38. The predicted octanol–water partition coefficient (Wildman–Crippen LogP) is 3.87. The van der Waals surface area contributed by atoms with Gasteiger partial charge in [0, 0.05) is 48.6 Å².